The smallest absolute Gasteiger partial charge is 0.416 e. The molecule has 122 valence electrons. The van der Waals surface area contributed by atoms with Gasteiger partial charge >= 0.3 is 12.1 Å². The van der Waals surface area contributed by atoms with Crippen LogP contribution in [0.5, 0.6) is 0 Å². The first kappa shape index (κ1) is 16.7. The predicted octanol–water partition coefficient (Wildman–Crippen LogP) is 3.53. The highest BCUT2D eigenvalue weighted by Gasteiger charge is 2.34. The predicted molar refractivity (Wildman–Crippen MR) is 71.6 cm³/mol. The van der Waals surface area contributed by atoms with Crippen molar-refractivity contribution in [1.29, 1.82) is 0 Å². The molecule has 22 heavy (non-hydrogen) atoms. The Kier molecular flexibility index (Phi) is 4.75. The van der Waals surface area contributed by atoms with Crippen LogP contribution in [0.1, 0.15) is 30.9 Å². The minimum Gasteiger partial charge on any atom is -0.481 e. The molecule has 0 unspecified atom stereocenters. The molecule has 0 amide bonds. The molecule has 1 aromatic carbocycles. The zero-order valence-corrected chi connectivity index (χ0v) is 12.0. The van der Waals surface area contributed by atoms with Crippen molar-refractivity contribution in [2.24, 2.45) is 5.92 Å². The number of carbonyl (C=O) groups is 1. The minimum absolute atomic E-state index is 0.103. The minimum atomic E-state index is -4.60. The quantitative estimate of drug-likeness (QED) is 0.867. The standard InChI is InChI=1S/C15H17F4NO2/c1-9-13(14(21)22)3-2-4-20(9)8-10-5-11(15(17,18)19)7-12(16)6-10/h5-7,9,13H,2-4,8H2,1H3,(H,21,22)/t9-,13-/m1/s1. The molecule has 3 nitrogen and oxygen atoms in total. The fraction of sp³-hybridized carbons (Fsp3) is 0.533. The molecule has 0 aromatic heterocycles. The lowest BCUT2D eigenvalue weighted by Crippen LogP contribution is -2.45. The van der Waals surface area contributed by atoms with E-state index >= 15 is 0 Å². The Hall–Kier alpha value is -1.63. The summed E-state index contributed by atoms with van der Waals surface area (Å²) in [6.07, 6.45) is -3.40. The Labute approximate surface area is 125 Å². The highest BCUT2D eigenvalue weighted by atomic mass is 19.4. The van der Waals surface area contributed by atoms with E-state index < -0.39 is 29.4 Å². The number of nitrogens with zero attached hydrogens (tertiary/aromatic N) is 1. The van der Waals surface area contributed by atoms with Gasteiger partial charge in [-0.25, -0.2) is 4.39 Å². The maximum Gasteiger partial charge on any atom is 0.416 e. The van der Waals surface area contributed by atoms with E-state index in [1.807, 2.05) is 0 Å². The summed E-state index contributed by atoms with van der Waals surface area (Å²) in [6.45, 7) is 2.43. The number of halogens is 4. The molecule has 1 fully saturated rings. The Morgan fingerprint density at radius 2 is 2.05 bits per heavy atom. The topological polar surface area (TPSA) is 40.5 Å². The van der Waals surface area contributed by atoms with Gasteiger partial charge in [0.25, 0.3) is 0 Å². The molecule has 1 heterocycles. The van der Waals surface area contributed by atoms with Gasteiger partial charge in [-0.2, -0.15) is 13.2 Å². The van der Waals surface area contributed by atoms with Crippen molar-refractivity contribution >= 4 is 5.97 Å². The lowest BCUT2D eigenvalue weighted by Gasteiger charge is -2.37. The molecule has 0 aliphatic carbocycles. The average molecular weight is 319 g/mol. The number of carboxylic acid groups (broad SMARTS) is 1. The van der Waals surface area contributed by atoms with E-state index in [4.69, 9.17) is 5.11 Å². The van der Waals surface area contributed by atoms with Gasteiger partial charge in [0.05, 0.1) is 11.5 Å². The molecule has 0 bridgehead atoms. The summed E-state index contributed by atoms with van der Waals surface area (Å²) in [4.78, 5) is 13.0. The number of benzene rings is 1. The average Bonchev–Trinajstić information content (AvgIpc) is 2.39. The summed E-state index contributed by atoms with van der Waals surface area (Å²) in [5.41, 5.74) is -0.827. The molecule has 1 aliphatic rings. The van der Waals surface area contributed by atoms with Gasteiger partial charge in [0.15, 0.2) is 0 Å². The van der Waals surface area contributed by atoms with Crippen LogP contribution in [-0.2, 0) is 17.5 Å². The summed E-state index contributed by atoms with van der Waals surface area (Å²) in [5, 5.41) is 9.15. The third-order valence-electron chi connectivity index (χ3n) is 4.11. The second kappa shape index (κ2) is 6.24. The highest BCUT2D eigenvalue weighted by Crippen LogP contribution is 2.31. The van der Waals surface area contributed by atoms with Gasteiger partial charge < -0.3 is 5.11 Å². The van der Waals surface area contributed by atoms with Crippen LogP contribution in [0.3, 0.4) is 0 Å². The fourth-order valence-corrected chi connectivity index (χ4v) is 2.91. The van der Waals surface area contributed by atoms with Gasteiger partial charge in [0.2, 0.25) is 0 Å². The van der Waals surface area contributed by atoms with Crippen LogP contribution in [0.15, 0.2) is 18.2 Å². The van der Waals surface area contributed by atoms with E-state index in [9.17, 15) is 22.4 Å². The Balaban J connectivity index is 2.19. The number of aliphatic carboxylic acids is 1. The molecule has 1 N–H and O–H groups in total. The van der Waals surface area contributed by atoms with E-state index in [1.54, 1.807) is 11.8 Å². The second-order valence-corrected chi connectivity index (χ2v) is 5.64. The van der Waals surface area contributed by atoms with Gasteiger partial charge in [0.1, 0.15) is 5.82 Å². The second-order valence-electron chi connectivity index (χ2n) is 5.64. The molecule has 0 radical (unpaired) electrons. The van der Waals surface area contributed by atoms with Crippen molar-refractivity contribution < 1.29 is 27.5 Å². The number of likely N-dealkylation sites (tertiary alicyclic amines) is 1. The molecule has 0 spiro atoms. The number of hydrogen-bond acceptors (Lipinski definition) is 2. The first-order valence-electron chi connectivity index (χ1n) is 7.02. The summed E-state index contributed by atoms with van der Waals surface area (Å²) >= 11 is 0. The number of piperidine rings is 1. The normalized spacial score (nSPS) is 23.5. The maximum atomic E-state index is 13.4. The molecule has 1 aliphatic heterocycles. The van der Waals surface area contributed by atoms with Crippen molar-refractivity contribution in [3.05, 3.63) is 35.1 Å². The van der Waals surface area contributed by atoms with Crippen molar-refractivity contribution in [3.63, 3.8) is 0 Å². The number of carboxylic acids is 1. The molecule has 1 aromatic rings. The van der Waals surface area contributed by atoms with Crippen LogP contribution in [0, 0.1) is 11.7 Å². The van der Waals surface area contributed by atoms with Gasteiger partial charge in [0, 0.05) is 12.6 Å². The van der Waals surface area contributed by atoms with Crippen LogP contribution in [0.2, 0.25) is 0 Å². The molecule has 2 atom stereocenters. The lowest BCUT2D eigenvalue weighted by molar-refractivity contribution is -0.145. The lowest BCUT2D eigenvalue weighted by atomic mass is 9.90. The van der Waals surface area contributed by atoms with Crippen molar-refractivity contribution in [2.45, 2.75) is 38.5 Å². The van der Waals surface area contributed by atoms with E-state index in [2.05, 4.69) is 0 Å². The fourth-order valence-electron chi connectivity index (χ4n) is 2.91. The zero-order valence-electron chi connectivity index (χ0n) is 12.0. The molecular formula is C15H17F4NO2. The van der Waals surface area contributed by atoms with Crippen LogP contribution in [0.4, 0.5) is 17.6 Å². The summed E-state index contributed by atoms with van der Waals surface area (Å²) in [5.74, 6) is -2.40. The molecule has 7 heteroatoms. The third-order valence-corrected chi connectivity index (χ3v) is 4.11. The Bertz CT molecular complexity index is 559. The zero-order chi connectivity index (χ0) is 16.5. The Morgan fingerprint density at radius 1 is 1.36 bits per heavy atom. The van der Waals surface area contributed by atoms with Crippen molar-refractivity contribution in [2.75, 3.05) is 6.54 Å². The monoisotopic (exact) mass is 319 g/mol. The first-order chi connectivity index (χ1) is 10.2. The van der Waals surface area contributed by atoms with Crippen LogP contribution in [0.25, 0.3) is 0 Å². The number of alkyl halides is 3. The molecular weight excluding hydrogens is 302 g/mol. The van der Waals surface area contributed by atoms with Crippen LogP contribution in [-0.4, -0.2) is 28.6 Å². The van der Waals surface area contributed by atoms with E-state index in [0.717, 1.165) is 12.1 Å². The van der Waals surface area contributed by atoms with Gasteiger partial charge in [-0.3, -0.25) is 9.69 Å². The Morgan fingerprint density at radius 3 is 2.64 bits per heavy atom. The van der Waals surface area contributed by atoms with E-state index in [1.165, 1.54) is 0 Å². The highest BCUT2D eigenvalue weighted by molar-refractivity contribution is 5.70. The SMILES string of the molecule is C[C@@H]1[C@H](C(=O)O)CCCN1Cc1cc(F)cc(C(F)(F)F)c1. The number of hydrogen-bond donors (Lipinski definition) is 1. The van der Waals surface area contributed by atoms with Crippen LogP contribution >= 0.6 is 0 Å². The van der Waals surface area contributed by atoms with E-state index in [-0.39, 0.29) is 18.2 Å². The summed E-state index contributed by atoms with van der Waals surface area (Å²) in [6, 6.07) is 2.14. The molecule has 2 rings (SSSR count). The molecule has 0 saturated carbocycles. The van der Waals surface area contributed by atoms with Crippen LogP contribution < -0.4 is 0 Å². The van der Waals surface area contributed by atoms with Gasteiger partial charge in [-0.05, 0) is 50.1 Å². The summed E-state index contributed by atoms with van der Waals surface area (Å²) in [7, 11) is 0. The molecule has 1 saturated heterocycles. The maximum absolute atomic E-state index is 13.4. The number of rotatable bonds is 3. The first-order valence-corrected chi connectivity index (χ1v) is 7.02. The summed E-state index contributed by atoms with van der Waals surface area (Å²) < 4.78 is 51.5. The van der Waals surface area contributed by atoms with Crippen molar-refractivity contribution in [1.82, 2.24) is 4.90 Å². The largest absolute Gasteiger partial charge is 0.481 e. The van der Waals surface area contributed by atoms with Crippen molar-refractivity contribution in [3.8, 4) is 0 Å². The van der Waals surface area contributed by atoms with Gasteiger partial charge in [-0.15, -0.1) is 0 Å². The van der Waals surface area contributed by atoms with Gasteiger partial charge in [-0.1, -0.05) is 0 Å². The third kappa shape index (κ3) is 3.76. The van der Waals surface area contributed by atoms with E-state index in [0.29, 0.717) is 25.5 Å².